The molecule has 4 aliphatic rings. The van der Waals surface area contributed by atoms with Gasteiger partial charge in [0.25, 0.3) is 0 Å². The van der Waals surface area contributed by atoms with E-state index in [1.54, 1.807) is 35.2 Å². The highest BCUT2D eigenvalue weighted by atomic mass is 19.1. The number of nitrogens with zero attached hydrogens (tertiary/aromatic N) is 2. The number of nitrogens with one attached hydrogen (secondary N) is 1. The second-order valence-electron chi connectivity index (χ2n) is 18.8. The van der Waals surface area contributed by atoms with Crippen LogP contribution in [0.15, 0.2) is 133 Å². The van der Waals surface area contributed by atoms with Crippen molar-refractivity contribution in [1.29, 1.82) is 0 Å². The minimum atomic E-state index is -1.62. The van der Waals surface area contributed by atoms with Gasteiger partial charge in [-0.05, 0) is 103 Å². The van der Waals surface area contributed by atoms with E-state index in [4.69, 9.17) is 38.4 Å². The molecule has 3 N–H and O–H groups in total. The summed E-state index contributed by atoms with van der Waals surface area (Å²) in [6.45, 7) is 5.34. The Hall–Kier alpha value is -6.10. The number of unbranched alkanes of at least 4 members (excludes halogenated alkanes) is 2. The normalized spacial score (nSPS) is 23.7. The Labute approximate surface area is 421 Å². The average Bonchev–Trinajstić information content (AvgIpc) is 3.41. The molecule has 14 nitrogen and oxygen atoms in total. The van der Waals surface area contributed by atoms with Crippen LogP contribution in [0.5, 0.6) is 11.5 Å². The highest BCUT2D eigenvalue weighted by Crippen LogP contribution is 2.62. The van der Waals surface area contributed by atoms with Crippen molar-refractivity contribution >= 4 is 17.9 Å². The smallest absolute Gasteiger partial charge is 0.412 e. The van der Waals surface area contributed by atoms with E-state index in [0.717, 1.165) is 47.9 Å². The summed E-state index contributed by atoms with van der Waals surface area (Å²) < 4.78 is 53.0. The number of halogens is 1. The molecule has 1 saturated carbocycles. The Balaban J connectivity index is 1.25. The third-order valence-electron chi connectivity index (χ3n) is 14.0. The van der Waals surface area contributed by atoms with Crippen molar-refractivity contribution in [2.24, 2.45) is 22.9 Å². The van der Waals surface area contributed by atoms with E-state index < -0.39 is 48.0 Å². The lowest BCUT2D eigenvalue weighted by atomic mass is 9.55. The van der Waals surface area contributed by atoms with Crippen molar-refractivity contribution in [3.8, 4) is 11.5 Å². The van der Waals surface area contributed by atoms with E-state index in [2.05, 4.69) is 18.0 Å². The topological polar surface area (TPSA) is 167 Å². The van der Waals surface area contributed by atoms with Gasteiger partial charge >= 0.3 is 12.2 Å². The van der Waals surface area contributed by atoms with Crippen LogP contribution in [0.3, 0.4) is 0 Å². The molecule has 2 fully saturated rings. The molecule has 2 aliphatic heterocycles. The molecule has 0 radical (unpaired) electrons. The summed E-state index contributed by atoms with van der Waals surface area (Å²) in [7, 11) is 0. The first-order chi connectivity index (χ1) is 35.3. The van der Waals surface area contributed by atoms with Gasteiger partial charge in [-0.1, -0.05) is 103 Å². The number of hydrogen-bond acceptors (Lipinski definition) is 12. The summed E-state index contributed by atoms with van der Waals surface area (Å²) in [5, 5.41) is 27.9. The molecule has 7 atom stereocenters. The first kappa shape index (κ1) is 52.2. The predicted octanol–water partition coefficient (Wildman–Crippen LogP) is 10.1. The summed E-state index contributed by atoms with van der Waals surface area (Å²) in [5.41, 5.74) is 4.71. The Morgan fingerprint density at radius 1 is 0.889 bits per heavy atom. The highest BCUT2D eigenvalue weighted by molar-refractivity contribution is 6.03. The van der Waals surface area contributed by atoms with E-state index in [1.807, 2.05) is 66.7 Å². The molecule has 0 spiro atoms. The number of ether oxygens (including phenoxy) is 6. The number of benzene rings is 4. The van der Waals surface area contributed by atoms with Gasteiger partial charge in [0.1, 0.15) is 30.0 Å². The van der Waals surface area contributed by atoms with Crippen molar-refractivity contribution in [1.82, 2.24) is 10.2 Å². The van der Waals surface area contributed by atoms with E-state index in [-0.39, 0.29) is 64.4 Å². The van der Waals surface area contributed by atoms with E-state index in [0.29, 0.717) is 68.1 Å². The van der Waals surface area contributed by atoms with Crippen LogP contribution < -0.4 is 14.8 Å². The summed E-state index contributed by atoms with van der Waals surface area (Å²) in [6.07, 6.45) is 8.69. The zero-order valence-corrected chi connectivity index (χ0v) is 40.9. The van der Waals surface area contributed by atoms with Gasteiger partial charge in [-0.2, -0.15) is 0 Å². The molecule has 2 aliphatic carbocycles. The lowest BCUT2D eigenvalue weighted by molar-refractivity contribution is -0.256. The van der Waals surface area contributed by atoms with Crippen LogP contribution in [-0.4, -0.2) is 90.8 Å². The third kappa shape index (κ3) is 13.1. The Bertz CT molecular complexity index is 2430. The fourth-order valence-corrected chi connectivity index (χ4v) is 10.7. The van der Waals surface area contributed by atoms with Gasteiger partial charge in [0, 0.05) is 50.6 Å². The van der Waals surface area contributed by atoms with Gasteiger partial charge in [0.15, 0.2) is 0 Å². The molecule has 384 valence electrons. The van der Waals surface area contributed by atoms with Gasteiger partial charge < -0.3 is 48.8 Å². The summed E-state index contributed by atoms with van der Waals surface area (Å²) in [6, 6.07) is 29.6. The molecule has 1 saturated heterocycles. The van der Waals surface area contributed by atoms with Crippen LogP contribution in [0.25, 0.3) is 0 Å². The molecule has 72 heavy (non-hydrogen) atoms. The van der Waals surface area contributed by atoms with Crippen LogP contribution in [0.1, 0.15) is 92.4 Å². The molecule has 1 unspecified atom stereocenters. The lowest BCUT2D eigenvalue weighted by Crippen LogP contribution is -2.70. The molecule has 2 amide bonds. The minimum absolute atomic E-state index is 0.0189. The van der Waals surface area contributed by atoms with Crippen LogP contribution in [0.4, 0.5) is 14.0 Å². The predicted molar refractivity (Wildman–Crippen MR) is 268 cm³/mol. The number of hydrogen-bond donors (Lipinski definition) is 3. The number of amides is 2. The maximum atomic E-state index is 15.0. The SMILES string of the molecule is C=CCO[C@@]12Oc3ccc(OC(=O)NCc4ccccc4)cc3[C@H]3[C@H](CCCCO)[C@@H](CCCCO)C=C(C(=NOC4CCCCO4)C[C@@H]1N(Cc1ccc(F)cc1)C(=O)OCCOCc1ccccc1)[C@H]32. The van der Waals surface area contributed by atoms with Gasteiger partial charge in [0.05, 0.1) is 38.1 Å². The first-order valence-electron chi connectivity index (χ1n) is 25.4. The van der Waals surface area contributed by atoms with Crippen LogP contribution in [0, 0.1) is 23.6 Å². The van der Waals surface area contributed by atoms with Crippen LogP contribution in [0.2, 0.25) is 0 Å². The zero-order valence-electron chi connectivity index (χ0n) is 40.9. The van der Waals surface area contributed by atoms with E-state index in [1.165, 1.54) is 12.1 Å². The summed E-state index contributed by atoms with van der Waals surface area (Å²) in [5.74, 6) is -2.47. The molecule has 0 bridgehead atoms. The van der Waals surface area contributed by atoms with Gasteiger partial charge in [0.2, 0.25) is 12.1 Å². The lowest BCUT2D eigenvalue weighted by Gasteiger charge is -2.59. The van der Waals surface area contributed by atoms with Crippen LogP contribution in [-0.2, 0) is 43.5 Å². The maximum absolute atomic E-state index is 15.0. The first-order valence-corrected chi connectivity index (χ1v) is 25.4. The fourth-order valence-electron chi connectivity index (χ4n) is 10.7. The molecule has 2 heterocycles. The van der Waals surface area contributed by atoms with Crippen molar-refractivity contribution in [2.75, 3.05) is 39.6 Å². The van der Waals surface area contributed by atoms with Crippen LogP contribution >= 0.6 is 0 Å². The zero-order chi connectivity index (χ0) is 50.1. The van der Waals surface area contributed by atoms with Crippen molar-refractivity contribution in [3.63, 3.8) is 0 Å². The van der Waals surface area contributed by atoms with Crippen molar-refractivity contribution in [3.05, 3.63) is 156 Å². The Morgan fingerprint density at radius 2 is 1.64 bits per heavy atom. The fraction of sp³-hybridized carbons (Fsp3) is 0.456. The summed E-state index contributed by atoms with van der Waals surface area (Å²) >= 11 is 0. The Morgan fingerprint density at radius 3 is 2.36 bits per heavy atom. The number of carbonyl (C=O) groups is 2. The quantitative estimate of drug-likeness (QED) is 0.0347. The number of allylic oxidation sites excluding steroid dienone is 1. The Kier molecular flexibility index (Phi) is 18.9. The van der Waals surface area contributed by atoms with E-state index in [9.17, 15) is 19.4 Å². The molecule has 0 aromatic heterocycles. The molecular formula is C57H68FN3O11. The molecular weight excluding hydrogens is 922 g/mol. The van der Waals surface area contributed by atoms with Crippen molar-refractivity contribution < 1.29 is 57.5 Å². The number of rotatable bonds is 24. The maximum Gasteiger partial charge on any atom is 0.412 e. The molecule has 4 aromatic carbocycles. The monoisotopic (exact) mass is 989 g/mol. The largest absolute Gasteiger partial charge is 0.459 e. The van der Waals surface area contributed by atoms with E-state index >= 15 is 4.79 Å². The molecule has 15 heteroatoms. The second-order valence-corrected chi connectivity index (χ2v) is 18.8. The number of carbonyl (C=O) groups excluding carboxylic acids is 2. The van der Waals surface area contributed by atoms with Crippen molar-refractivity contribution in [2.45, 2.75) is 108 Å². The second kappa shape index (κ2) is 26.0. The highest BCUT2D eigenvalue weighted by Gasteiger charge is 2.66. The van der Waals surface area contributed by atoms with Gasteiger partial charge in [-0.15, -0.1) is 6.58 Å². The third-order valence-corrected chi connectivity index (χ3v) is 14.0. The van der Waals surface area contributed by atoms with Gasteiger partial charge in [-0.25, -0.2) is 14.0 Å². The summed E-state index contributed by atoms with van der Waals surface area (Å²) in [4.78, 5) is 36.3. The number of fused-ring (bicyclic) bond motifs is 2. The average molecular weight is 990 g/mol. The van der Waals surface area contributed by atoms with Gasteiger partial charge in [-0.3, -0.25) is 4.90 Å². The number of oxime groups is 1. The number of aliphatic hydroxyl groups is 2. The molecule has 4 aromatic rings. The molecule has 8 rings (SSSR count). The standard InChI is InChI=1S/C57H68FN3O11/c1-2-30-69-57-51(61(38-41-22-24-44(58)25-23-41)56(65)68-33-32-66-39-42-17-7-4-8-18-42)36-49(60-72-52-21-11-14-31-67-52)47-34-43(19-9-12-28-62)46(20-10-13-29-63)53(54(47)57)48-35-45(26-27-50(48)71-57)70-55(64)59-37-40-15-5-3-6-16-40/h2-8,15-18,22-27,34-35,43,46,51-54,62-63H,1,9-14,19-21,28-33,36-39H2,(H,59,64)/t43-,46+,51-,52?,53+,54+,57+/m0/s1. The number of aliphatic hydroxyl groups excluding tert-OH is 2. The minimum Gasteiger partial charge on any atom is -0.459 e.